The maximum Gasteiger partial charge on any atom is 0.342 e. The van der Waals surface area contributed by atoms with E-state index in [-0.39, 0.29) is 36.6 Å². The minimum absolute atomic E-state index is 0.135. The largest absolute Gasteiger partial charge is 0.477 e. The van der Waals surface area contributed by atoms with E-state index in [1.807, 2.05) is 0 Å². The molecule has 0 radical (unpaired) electrons. The number of carboxylic acids is 1. The molecule has 21 heavy (non-hydrogen) atoms. The standard InChI is InChI=1S/C13H20BrNO6/c1-13(2,3)21-11(17)4-6-20-7-5-15-10(16)8-9(14)12(18)19/h8H,4-7H2,1-3H3,(H,15,16)(H,18,19)/b9-8+. The summed E-state index contributed by atoms with van der Waals surface area (Å²) < 4.78 is 10.0. The van der Waals surface area contributed by atoms with Crippen LogP contribution in [-0.4, -0.2) is 48.3 Å². The maximum absolute atomic E-state index is 11.3. The van der Waals surface area contributed by atoms with Crippen molar-refractivity contribution in [2.45, 2.75) is 32.8 Å². The molecule has 0 fully saturated rings. The van der Waals surface area contributed by atoms with Gasteiger partial charge in [-0.25, -0.2) is 4.79 Å². The molecule has 0 saturated heterocycles. The molecule has 2 N–H and O–H groups in total. The smallest absolute Gasteiger partial charge is 0.342 e. The summed E-state index contributed by atoms with van der Waals surface area (Å²) in [4.78, 5) is 33.0. The van der Waals surface area contributed by atoms with Gasteiger partial charge in [-0.1, -0.05) is 0 Å². The summed E-state index contributed by atoms with van der Waals surface area (Å²) >= 11 is 2.73. The monoisotopic (exact) mass is 365 g/mol. The van der Waals surface area contributed by atoms with E-state index in [4.69, 9.17) is 14.6 Å². The number of carboxylic acid groups (broad SMARTS) is 1. The average Bonchev–Trinajstić information content (AvgIpc) is 2.31. The highest BCUT2D eigenvalue weighted by Crippen LogP contribution is 2.08. The third-order valence-corrected chi connectivity index (χ3v) is 2.45. The number of carbonyl (C=O) groups excluding carboxylic acids is 2. The van der Waals surface area contributed by atoms with Crippen LogP contribution in [0.5, 0.6) is 0 Å². The summed E-state index contributed by atoms with van der Waals surface area (Å²) in [7, 11) is 0. The SMILES string of the molecule is CC(C)(C)OC(=O)CCOCCNC(=O)/C=C(/Br)C(=O)O. The van der Waals surface area contributed by atoms with Crippen LogP contribution in [0.2, 0.25) is 0 Å². The second kappa shape index (κ2) is 9.51. The van der Waals surface area contributed by atoms with E-state index in [9.17, 15) is 14.4 Å². The van der Waals surface area contributed by atoms with Crippen molar-refractivity contribution in [2.24, 2.45) is 0 Å². The highest BCUT2D eigenvalue weighted by molar-refractivity contribution is 9.12. The highest BCUT2D eigenvalue weighted by atomic mass is 79.9. The normalized spacial score (nSPS) is 11.9. The fourth-order valence-corrected chi connectivity index (χ4v) is 1.33. The minimum Gasteiger partial charge on any atom is -0.477 e. The van der Waals surface area contributed by atoms with Crippen molar-refractivity contribution in [1.82, 2.24) is 5.32 Å². The van der Waals surface area contributed by atoms with Crippen LogP contribution < -0.4 is 5.32 Å². The zero-order valence-electron chi connectivity index (χ0n) is 12.3. The Bertz CT molecular complexity index is 413. The van der Waals surface area contributed by atoms with E-state index in [1.54, 1.807) is 20.8 Å². The summed E-state index contributed by atoms with van der Waals surface area (Å²) in [5.74, 6) is -2.11. The van der Waals surface area contributed by atoms with Crippen molar-refractivity contribution in [3.63, 3.8) is 0 Å². The molecule has 120 valence electrons. The lowest BCUT2D eigenvalue weighted by molar-refractivity contribution is -0.156. The molecule has 0 aromatic rings. The van der Waals surface area contributed by atoms with Gasteiger partial charge in [0, 0.05) is 12.6 Å². The first-order valence-electron chi connectivity index (χ1n) is 6.30. The van der Waals surface area contributed by atoms with Crippen LogP contribution in [0.15, 0.2) is 10.6 Å². The van der Waals surface area contributed by atoms with E-state index in [2.05, 4.69) is 21.2 Å². The Kier molecular flexibility index (Phi) is 8.87. The van der Waals surface area contributed by atoms with Crippen LogP contribution in [0.4, 0.5) is 0 Å². The van der Waals surface area contributed by atoms with Gasteiger partial charge >= 0.3 is 11.9 Å². The Morgan fingerprint density at radius 1 is 1.24 bits per heavy atom. The zero-order valence-corrected chi connectivity index (χ0v) is 13.9. The molecular formula is C13H20BrNO6. The topological polar surface area (TPSA) is 102 Å². The molecule has 7 nitrogen and oxygen atoms in total. The summed E-state index contributed by atoms with van der Waals surface area (Å²) in [5.41, 5.74) is -0.519. The molecule has 8 heteroatoms. The number of esters is 1. The van der Waals surface area contributed by atoms with E-state index >= 15 is 0 Å². The van der Waals surface area contributed by atoms with Crippen molar-refractivity contribution >= 4 is 33.8 Å². The first kappa shape index (κ1) is 19.6. The lowest BCUT2D eigenvalue weighted by atomic mass is 10.2. The van der Waals surface area contributed by atoms with Gasteiger partial charge in [0.05, 0.1) is 19.6 Å². The Hall–Kier alpha value is -1.41. The summed E-state index contributed by atoms with van der Waals surface area (Å²) in [6.07, 6.45) is 1.05. The quantitative estimate of drug-likeness (QED) is 0.380. The van der Waals surface area contributed by atoms with E-state index < -0.39 is 17.5 Å². The van der Waals surface area contributed by atoms with Gasteiger partial charge in [-0.05, 0) is 36.7 Å². The fraction of sp³-hybridized carbons (Fsp3) is 0.615. The number of halogens is 1. The Morgan fingerprint density at radius 3 is 2.38 bits per heavy atom. The molecule has 0 spiro atoms. The molecule has 0 aromatic heterocycles. The predicted molar refractivity (Wildman–Crippen MR) is 78.9 cm³/mol. The zero-order chi connectivity index (χ0) is 16.5. The van der Waals surface area contributed by atoms with Gasteiger partial charge in [0.1, 0.15) is 10.1 Å². The van der Waals surface area contributed by atoms with Crippen LogP contribution in [0, 0.1) is 0 Å². The van der Waals surface area contributed by atoms with Crippen LogP contribution in [0.3, 0.4) is 0 Å². The highest BCUT2D eigenvalue weighted by Gasteiger charge is 2.15. The number of rotatable bonds is 8. The lowest BCUT2D eigenvalue weighted by Gasteiger charge is -2.19. The van der Waals surface area contributed by atoms with Gasteiger partial charge in [0.25, 0.3) is 0 Å². The summed E-state index contributed by atoms with van der Waals surface area (Å²) in [6, 6.07) is 0. The number of hydrogen-bond acceptors (Lipinski definition) is 5. The van der Waals surface area contributed by atoms with E-state index in [0.717, 1.165) is 6.08 Å². The van der Waals surface area contributed by atoms with Gasteiger partial charge in [-0.3, -0.25) is 9.59 Å². The number of carbonyl (C=O) groups is 3. The van der Waals surface area contributed by atoms with Crippen molar-refractivity contribution < 1.29 is 29.0 Å². The molecule has 0 heterocycles. The molecule has 0 rings (SSSR count). The molecule has 0 atom stereocenters. The molecule has 0 saturated carbocycles. The molecular weight excluding hydrogens is 346 g/mol. The molecule has 0 bridgehead atoms. The first-order chi connectivity index (χ1) is 9.61. The molecule has 1 amide bonds. The number of hydrogen-bond donors (Lipinski definition) is 2. The van der Waals surface area contributed by atoms with Gasteiger partial charge in [-0.15, -0.1) is 0 Å². The van der Waals surface area contributed by atoms with Crippen molar-refractivity contribution in [2.75, 3.05) is 19.8 Å². The van der Waals surface area contributed by atoms with Crippen LogP contribution in [0.25, 0.3) is 0 Å². The predicted octanol–water partition coefficient (Wildman–Crippen LogP) is 1.21. The number of ether oxygens (including phenoxy) is 2. The van der Waals surface area contributed by atoms with Gasteiger partial charge < -0.3 is 19.9 Å². The third kappa shape index (κ3) is 12.1. The molecule has 0 aromatic carbocycles. The first-order valence-corrected chi connectivity index (χ1v) is 7.09. The number of aliphatic carboxylic acids is 1. The van der Waals surface area contributed by atoms with E-state index in [1.165, 1.54) is 0 Å². The Morgan fingerprint density at radius 2 is 1.86 bits per heavy atom. The maximum atomic E-state index is 11.3. The van der Waals surface area contributed by atoms with Crippen molar-refractivity contribution in [3.8, 4) is 0 Å². The molecule has 0 aliphatic rings. The lowest BCUT2D eigenvalue weighted by Crippen LogP contribution is -2.27. The number of nitrogens with one attached hydrogen (secondary N) is 1. The van der Waals surface area contributed by atoms with Crippen molar-refractivity contribution in [3.05, 3.63) is 10.6 Å². The summed E-state index contributed by atoms with van der Waals surface area (Å²) in [5, 5.41) is 11.0. The molecule has 0 aliphatic heterocycles. The van der Waals surface area contributed by atoms with Crippen LogP contribution in [0.1, 0.15) is 27.2 Å². The van der Waals surface area contributed by atoms with E-state index in [0.29, 0.717) is 0 Å². The van der Waals surface area contributed by atoms with Gasteiger partial charge in [-0.2, -0.15) is 0 Å². The van der Waals surface area contributed by atoms with Crippen LogP contribution in [-0.2, 0) is 23.9 Å². The van der Waals surface area contributed by atoms with Gasteiger partial charge in [0.15, 0.2) is 0 Å². The summed E-state index contributed by atoms with van der Waals surface area (Å²) in [6.45, 7) is 5.97. The second-order valence-corrected chi connectivity index (χ2v) is 5.89. The van der Waals surface area contributed by atoms with Gasteiger partial charge in [0.2, 0.25) is 5.91 Å². The Labute approximate surface area is 131 Å². The Balaban J connectivity index is 3.70. The molecule has 0 aliphatic carbocycles. The van der Waals surface area contributed by atoms with Crippen LogP contribution >= 0.6 is 15.9 Å². The fourth-order valence-electron chi connectivity index (χ4n) is 1.12. The molecule has 0 unspecified atom stereocenters. The third-order valence-electron chi connectivity index (χ3n) is 1.88. The average molecular weight is 366 g/mol. The minimum atomic E-state index is -1.22. The number of amides is 1. The van der Waals surface area contributed by atoms with Crippen molar-refractivity contribution in [1.29, 1.82) is 0 Å². The second-order valence-electron chi connectivity index (χ2n) is 5.04.